The van der Waals surface area contributed by atoms with Crippen molar-refractivity contribution in [3.05, 3.63) is 18.0 Å². The highest BCUT2D eigenvalue weighted by molar-refractivity contribution is 5.35. The Morgan fingerprint density at radius 3 is 2.61 bits per heavy atom. The van der Waals surface area contributed by atoms with Crippen LogP contribution in [0, 0.1) is 5.92 Å². The van der Waals surface area contributed by atoms with Crippen LogP contribution >= 0.6 is 0 Å². The normalized spacial score (nSPS) is 30.1. The van der Waals surface area contributed by atoms with Crippen molar-refractivity contribution in [2.45, 2.75) is 50.7 Å². The van der Waals surface area contributed by atoms with Crippen molar-refractivity contribution >= 4 is 5.95 Å². The highest BCUT2D eigenvalue weighted by Gasteiger charge is 2.38. The average molecular weight is 244 g/mol. The minimum Gasteiger partial charge on any atom is -0.338 e. The summed E-state index contributed by atoms with van der Waals surface area (Å²) in [5.74, 6) is 1.84. The Kier molecular flexibility index (Phi) is 2.50. The van der Waals surface area contributed by atoms with Crippen LogP contribution < -0.4 is 10.2 Å². The molecule has 0 spiro atoms. The minimum absolute atomic E-state index is 0.713. The van der Waals surface area contributed by atoms with E-state index in [0.29, 0.717) is 6.04 Å². The standard InChI is InChI=1S/C14H20N4/c1-4-13-5-10(1)9-18(13)14-16-7-11(8-17-14)6-15-12-2-3-12/h7-8,10,12-13,15H,1-6,9H2. The molecule has 1 N–H and O–H groups in total. The lowest BCUT2D eigenvalue weighted by atomic mass is 10.1. The Hall–Kier alpha value is -1.16. The predicted octanol–water partition coefficient (Wildman–Crippen LogP) is 1.72. The number of fused-ring (bicyclic) bond motifs is 2. The van der Waals surface area contributed by atoms with Gasteiger partial charge in [-0.3, -0.25) is 0 Å². The van der Waals surface area contributed by atoms with E-state index < -0.39 is 0 Å². The number of rotatable bonds is 4. The molecule has 1 saturated heterocycles. The zero-order valence-corrected chi connectivity index (χ0v) is 10.7. The summed E-state index contributed by atoms with van der Waals surface area (Å²) in [6, 6.07) is 1.46. The molecule has 4 rings (SSSR count). The molecule has 0 radical (unpaired) electrons. The Morgan fingerprint density at radius 1 is 1.17 bits per heavy atom. The van der Waals surface area contributed by atoms with Crippen molar-refractivity contribution in [1.82, 2.24) is 15.3 Å². The van der Waals surface area contributed by atoms with E-state index in [1.807, 2.05) is 12.4 Å². The molecule has 4 heteroatoms. The molecule has 1 aromatic heterocycles. The van der Waals surface area contributed by atoms with Gasteiger partial charge in [-0.1, -0.05) is 0 Å². The second-order valence-electron chi connectivity index (χ2n) is 6.03. The number of piperidine rings is 1. The maximum absolute atomic E-state index is 4.55. The van der Waals surface area contributed by atoms with E-state index >= 15 is 0 Å². The first-order valence-corrected chi connectivity index (χ1v) is 7.19. The van der Waals surface area contributed by atoms with E-state index in [9.17, 15) is 0 Å². The summed E-state index contributed by atoms with van der Waals surface area (Å²) < 4.78 is 0. The molecule has 2 heterocycles. The third kappa shape index (κ3) is 1.99. The summed E-state index contributed by atoms with van der Waals surface area (Å²) in [7, 11) is 0. The number of nitrogens with one attached hydrogen (secondary N) is 1. The van der Waals surface area contributed by atoms with Crippen molar-refractivity contribution in [3.63, 3.8) is 0 Å². The molecule has 2 saturated carbocycles. The van der Waals surface area contributed by atoms with Gasteiger partial charge in [0.05, 0.1) is 0 Å². The van der Waals surface area contributed by atoms with Gasteiger partial charge in [0.15, 0.2) is 0 Å². The highest BCUT2D eigenvalue weighted by atomic mass is 15.3. The first-order chi connectivity index (χ1) is 8.88. The SMILES string of the molecule is c1nc(N2CC3CCC2C3)ncc1CNC1CC1. The summed E-state index contributed by atoms with van der Waals surface area (Å²) >= 11 is 0. The fourth-order valence-corrected chi connectivity index (χ4v) is 3.31. The fraction of sp³-hybridized carbons (Fsp3) is 0.714. The van der Waals surface area contributed by atoms with E-state index in [-0.39, 0.29) is 0 Å². The van der Waals surface area contributed by atoms with Crippen LogP contribution in [0.25, 0.3) is 0 Å². The zero-order valence-electron chi connectivity index (χ0n) is 10.7. The van der Waals surface area contributed by atoms with Crippen molar-refractivity contribution in [2.75, 3.05) is 11.4 Å². The number of aromatic nitrogens is 2. The molecular weight excluding hydrogens is 224 g/mol. The molecule has 2 unspecified atom stereocenters. The van der Waals surface area contributed by atoms with Gasteiger partial charge in [-0.25, -0.2) is 9.97 Å². The van der Waals surface area contributed by atoms with Gasteiger partial charge in [-0.2, -0.15) is 0 Å². The third-order valence-corrected chi connectivity index (χ3v) is 4.53. The second-order valence-corrected chi connectivity index (χ2v) is 6.03. The Bertz CT molecular complexity index is 426. The molecular formula is C14H20N4. The van der Waals surface area contributed by atoms with Crippen molar-refractivity contribution < 1.29 is 0 Å². The van der Waals surface area contributed by atoms with Crippen LogP contribution in [0.5, 0.6) is 0 Å². The first-order valence-electron chi connectivity index (χ1n) is 7.19. The molecule has 96 valence electrons. The maximum atomic E-state index is 4.55. The molecule has 2 atom stereocenters. The van der Waals surface area contributed by atoms with E-state index in [2.05, 4.69) is 20.2 Å². The average Bonchev–Trinajstić information content (AvgIpc) is 3.01. The van der Waals surface area contributed by atoms with Crippen LogP contribution in [0.15, 0.2) is 12.4 Å². The molecule has 4 nitrogen and oxygen atoms in total. The summed E-state index contributed by atoms with van der Waals surface area (Å²) in [5, 5.41) is 3.50. The lowest BCUT2D eigenvalue weighted by molar-refractivity contribution is 0.546. The van der Waals surface area contributed by atoms with Gasteiger partial charge in [-0.15, -0.1) is 0 Å². The van der Waals surface area contributed by atoms with Gasteiger partial charge in [0.2, 0.25) is 5.95 Å². The summed E-state index contributed by atoms with van der Waals surface area (Å²) in [6.45, 7) is 2.08. The van der Waals surface area contributed by atoms with Crippen LogP contribution in [0.4, 0.5) is 5.95 Å². The number of hydrogen-bond acceptors (Lipinski definition) is 4. The van der Waals surface area contributed by atoms with Gasteiger partial charge in [-0.05, 0) is 38.0 Å². The van der Waals surface area contributed by atoms with Gasteiger partial charge in [0, 0.05) is 43.1 Å². The molecule has 1 aromatic rings. The van der Waals surface area contributed by atoms with Gasteiger partial charge >= 0.3 is 0 Å². The van der Waals surface area contributed by atoms with Crippen LogP contribution in [0.2, 0.25) is 0 Å². The van der Waals surface area contributed by atoms with E-state index in [1.54, 1.807) is 0 Å². The number of anilines is 1. The molecule has 1 aliphatic heterocycles. The van der Waals surface area contributed by atoms with Gasteiger partial charge < -0.3 is 10.2 Å². The van der Waals surface area contributed by atoms with Crippen LogP contribution in [0.3, 0.4) is 0 Å². The minimum atomic E-state index is 0.713. The fourth-order valence-electron chi connectivity index (χ4n) is 3.31. The maximum Gasteiger partial charge on any atom is 0.225 e. The van der Waals surface area contributed by atoms with E-state index in [1.165, 1.54) is 44.2 Å². The molecule has 0 aromatic carbocycles. The number of hydrogen-bond donors (Lipinski definition) is 1. The van der Waals surface area contributed by atoms with E-state index in [4.69, 9.17) is 0 Å². The predicted molar refractivity (Wildman–Crippen MR) is 70.4 cm³/mol. The first kappa shape index (κ1) is 10.7. The van der Waals surface area contributed by atoms with Crippen molar-refractivity contribution in [1.29, 1.82) is 0 Å². The third-order valence-electron chi connectivity index (χ3n) is 4.53. The molecule has 2 aliphatic carbocycles. The molecule has 2 bridgehead atoms. The Balaban J connectivity index is 1.42. The summed E-state index contributed by atoms with van der Waals surface area (Å²) in [6.07, 6.45) is 10.7. The highest BCUT2D eigenvalue weighted by Crippen LogP contribution is 2.38. The van der Waals surface area contributed by atoms with Crippen molar-refractivity contribution in [3.8, 4) is 0 Å². The monoisotopic (exact) mass is 244 g/mol. The topological polar surface area (TPSA) is 41.1 Å². The second kappa shape index (κ2) is 4.19. The molecule has 3 fully saturated rings. The molecule has 3 aliphatic rings. The van der Waals surface area contributed by atoms with E-state index in [0.717, 1.165) is 24.5 Å². The molecule has 0 amide bonds. The summed E-state index contributed by atoms with van der Waals surface area (Å²) in [4.78, 5) is 11.5. The smallest absolute Gasteiger partial charge is 0.225 e. The Morgan fingerprint density at radius 2 is 2.00 bits per heavy atom. The summed E-state index contributed by atoms with van der Waals surface area (Å²) in [5.41, 5.74) is 1.20. The largest absolute Gasteiger partial charge is 0.338 e. The van der Waals surface area contributed by atoms with Gasteiger partial charge in [0.25, 0.3) is 0 Å². The lowest BCUT2D eigenvalue weighted by Gasteiger charge is -2.26. The van der Waals surface area contributed by atoms with Crippen molar-refractivity contribution in [2.24, 2.45) is 5.92 Å². The van der Waals surface area contributed by atoms with Crippen LogP contribution in [-0.4, -0.2) is 28.6 Å². The lowest BCUT2D eigenvalue weighted by Crippen LogP contribution is -2.33. The van der Waals surface area contributed by atoms with Crippen LogP contribution in [-0.2, 0) is 6.54 Å². The van der Waals surface area contributed by atoms with Gasteiger partial charge in [0.1, 0.15) is 0 Å². The quantitative estimate of drug-likeness (QED) is 0.875. The molecule has 18 heavy (non-hydrogen) atoms. The zero-order chi connectivity index (χ0) is 11.9. The number of nitrogens with zero attached hydrogens (tertiary/aromatic N) is 3. The van der Waals surface area contributed by atoms with Crippen LogP contribution in [0.1, 0.15) is 37.7 Å². The Labute approximate surface area is 108 Å².